The number of nitrogens with one attached hydrogen (secondary N) is 1. The van der Waals surface area contributed by atoms with Crippen LogP contribution in [0.4, 0.5) is 11.4 Å². The molecule has 7 heteroatoms. The zero-order valence-electron chi connectivity index (χ0n) is 14.5. The molecular weight excluding hydrogens is 336 g/mol. The van der Waals surface area contributed by atoms with Crippen LogP contribution in [0.25, 0.3) is 22.2 Å². The maximum Gasteiger partial charge on any atom is 0.268 e. The van der Waals surface area contributed by atoms with Crippen LogP contribution in [-0.4, -0.2) is 28.4 Å². The monoisotopic (exact) mass is 358 g/mol. The van der Waals surface area contributed by atoms with Gasteiger partial charge < -0.3 is 20.7 Å². The maximum atomic E-state index is 9.34. The second-order valence-corrected chi connectivity index (χ2v) is 7.75. The van der Waals surface area contributed by atoms with Crippen LogP contribution in [0, 0.1) is 12.3 Å². The third kappa shape index (κ3) is 3.83. The van der Waals surface area contributed by atoms with E-state index in [1.807, 2.05) is 50.4 Å². The number of nitrogens with two attached hydrogens (primary N) is 1. The fraction of sp³-hybridized carbons (Fsp3) is 0.333. The molecule has 4 N–H and O–H groups in total. The second-order valence-electron chi connectivity index (χ2n) is 6.83. The maximum absolute atomic E-state index is 9.34. The fourth-order valence-electron chi connectivity index (χ4n) is 2.28. The zero-order valence-corrected chi connectivity index (χ0v) is 15.4. The molecule has 0 unspecified atom stereocenters. The van der Waals surface area contributed by atoms with Crippen molar-refractivity contribution < 1.29 is 9.63 Å². The number of hydrogen-bond acceptors (Lipinski definition) is 7. The van der Waals surface area contributed by atoms with Gasteiger partial charge in [0, 0.05) is 24.1 Å². The molecular formula is C18H22N4O2S. The lowest BCUT2D eigenvalue weighted by molar-refractivity contribution is 0.171. The first kappa shape index (κ1) is 17.4. The van der Waals surface area contributed by atoms with Crippen molar-refractivity contribution in [1.29, 1.82) is 0 Å². The molecule has 0 amide bonds. The lowest BCUT2D eigenvalue weighted by Crippen LogP contribution is -2.27. The number of hydrogen-bond donors (Lipinski definition) is 3. The van der Waals surface area contributed by atoms with Crippen LogP contribution in [0.2, 0.25) is 0 Å². The molecule has 3 rings (SSSR count). The van der Waals surface area contributed by atoms with Gasteiger partial charge in [0.05, 0.1) is 16.3 Å². The Kier molecular flexibility index (Phi) is 4.78. The Morgan fingerprint density at radius 1 is 1.32 bits per heavy atom. The van der Waals surface area contributed by atoms with Gasteiger partial charge in [-0.05, 0) is 42.1 Å². The van der Waals surface area contributed by atoms with E-state index in [0.717, 1.165) is 21.7 Å². The van der Waals surface area contributed by atoms with Crippen molar-refractivity contribution in [2.24, 2.45) is 5.41 Å². The van der Waals surface area contributed by atoms with Crippen molar-refractivity contribution in [3.8, 4) is 22.2 Å². The number of aliphatic hydroxyl groups is 1. The Labute approximate surface area is 150 Å². The summed E-state index contributed by atoms with van der Waals surface area (Å²) in [7, 11) is 0. The van der Waals surface area contributed by atoms with Gasteiger partial charge in [0.1, 0.15) is 0 Å². The Balaban J connectivity index is 1.79. The van der Waals surface area contributed by atoms with E-state index < -0.39 is 0 Å². The highest BCUT2D eigenvalue weighted by molar-refractivity contribution is 7.13. The van der Waals surface area contributed by atoms with Gasteiger partial charge in [-0.1, -0.05) is 19.0 Å². The van der Waals surface area contributed by atoms with E-state index in [-0.39, 0.29) is 12.0 Å². The molecule has 132 valence electrons. The minimum absolute atomic E-state index is 0.103. The van der Waals surface area contributed by atoms with E-state index in [1.165, 1.54) is 0 Å². The summed E-state index contributed by atoms with van der Waals surface area (Å²) in [6.45, 7) is 6.71. The highest BCUT2D eigenvalue weighted by Crippen LogP contribution is 2.31. The van der Waals surface area contributed by atoms with Gasteiger partial charge in [-0.15, -0.1) is 11.3 Å². The van der Waals surface area contributed by atoms with E-state index >= 15 is 0 Å². The molecule has 0 aliphatic carbocycles. The van der Waals surface area contributed by atoms with E-state index in [2.05, 4.69) is 15.5 Å². The van der Waals surface area contributed by atoms with Crippen LogP contribution in [0.1, 0.15) is 19.4 Å². The molecule has 0 spiro atoms. The highest BCUT2D eigenvalue weighted by Gasteiger charge is 2.17. The lowest BCUT2D eigenvalue weighted by atomic mass is 9.95. The molecule has 0 aliphatic rings. The molecule has 0 saturated carbocycles. The van der Waals surface area contributed by atoms with Crippen LogP contribution < -0.4 is 11.1 Å². The molecule has 0 radical (unpaired) electrons. The Morgan fingerprint density at radius 2 is 2.12 bits per heavy atom. The molecule has 0 bridgehead atoms. The van der Waals surface area contributed by atoms with Crippen LogP contribution in [0.15, 0.2) is 34.2 Å². The van der Waals surface area contributed by atoms with Crippen LogP contribution in [-0.2, 0) is 0 Å². The van der Waals surface area contributed by atoms with Crippen molar-refractivity contribution in [3.63, 3.8) is 0 Å². The van der Waals surface area contributed by atoms with Gasteiger partial charge in [-0.3, -0.25) is 0 Å². The van der Waals surface area contributed by atoms with Crippen molar-refractivity contribution in [2.75, 3.05) is 24.2 Å². The molecule has 1 aromatic carbocycles. The predicted molar refractivity (Wildman–Crippen MR) is 102 cm³/mol. The van der Waals surface area contributed by atoms with Crippen LogP contribution >= 0.6 is 11.3 Å². The average Bonchev–Trinajstić information content (AvgIpc) is 3.22. The molecule has 0 atom stereocenters. The Morgan fingerprint density at radius 3 is 2.76 bits per heavy atom. The first-order valence-electron chi connectivity index (χ1n) is 8.02. The summed E-state index contributed by atoms with van der Waals surface area (Å²) in [6, 6.07) is 7.64. The first-order valence-corrected chi connectivity index (χ1v) is 8.90. The number of nitrogen functional groups attached to an aromatic ring is 1. The second kappa shape index (κ2) is 6.85. The lowest BCUT2D eigenvalue weighted by Gasteiger charge is -2.23. The molecule has 3 aromatic rings. The molecule has 0 fully saturated rings. The van der Waals surface area contributed by atoms with Crippen molar-refractivity contribution in [1.82, 2.24) is 10.1 Å². The highest BCUT2D eigenvalue weighted by atomic mass is 32.1. The molecule has 25 heavy (non-hydrogen) atoms. The summed E-state index contributed by atoms with van der Waals surface area (Å²) < 4.78 is 5.39. The number of rotatable bonds is 6. The number of aryl methyl sites for hydroxylation is 1. The van der Waals surface area contributed by atoms with E-state index in [4.69, 9.17) is 10.3 Å². The van der Waals surface area contributed by atoms with Gasteiger partial charge in [0.25, 0.3) is 5.89 Å². The number of nitrogens with zero attached hydrogens (tertiary/aromatic N) is 2. The standard InChI is InChI=1S/C18H22N4O2S/c1-11-6-7-25-15(11)17-21-16(22-24-17)12-4-5-14(13(19)8-12)20-9-18(2,3)10-23/h4-8,20,23H,9-10,19H2,1-3H3. The normalized spacial score (nSPS) is 11.7. The third-order valence-electron chi connectivity index (χ3n) is 3.98. The SMILES string of the molecule is Cc1ccsc1-c1nc(-c2ccc(NCC(C)(C)CO)c(N)c2)no1. The quantitative estimate of drug-likeness (QED) is 0.580. The smallest absolute Gasteiger partial charge is 0.268 e. The number of aliphatic hydroxyl groups excluding tert-OH is 1. The number of aromatic nitrogens is 2. The fourth-order valence-corrected chi connectivity index (χ4v) is 3.12. The third-order valence-corrected chi connectivity index (χ3v) is 4.98. The van der Waals surface area contributed by atoms with Crippen molar-refractivity contribution >= 4 is 22.7 Å². The summed E-state index contributed by atoms with van der Waals surface area (Å²) in [5.41, 5.74) is 9.27. The van der Waals surface area contributed by atoms with E-state index in [1.54, 1.807) is 11.3 Å². The summed E-state index contributed by atoms with van der Waals surface area (Å²) in [6.07, 6.45) is 0. The molecule has 0 saturated heterocycles. The van der Waals surface area contributed by atoms with Gasteiger partial charge in [-0.2, -0.15) is 4.98 Å². The van der Waals surface area contributed by atoms with Crippen molar-refractivity contribution in [3.05, 3.63) is 35.2 Å². The van der Waals surface area contributed by atoms with Crippen LogP contribution in [0.5, 0.6) is 0 Å². The van der Waals surface area contributed by atoms with Gasteiger partial charge in [0.2, 0.25) is 5.82 Å². The number of benzene rings is 1. The number of anilines is 2. The molecule has 6 nitrogen and oxygen atoms in total. The number of thiophene rings is 1. The van der Waals surface area contributed by atoms with Gasteiger partial charge in [0.15, 0.2) is 0 Å². The molecule has 0 aliphatic heterocycles. The van der Waals surface area contributed by atoms with E-state index in [0.29, 0.717) is 23.9 Å². The van der Waals surface area contributed by atoms with Crippen molar-refractivity contribution in [2.45, 2.75) is 20.8 Å². The average molecular weight is 358 g/mol. The van der Waals surface area contributed by atoms with E-state index in [9.17, 15) is 5.11 Å². The minimum atomic E-state index is -0.216. The topological polar surface area (TPSA) is 97.2 Å². The summed E-state index contributed by atoms with van der Waals surface area (Å²) >= 11 is 1.58. The Hall–Kier alpha value is -2.38. The predicted octanol–water partition coefficient (Wildman–Crippen LogP) is 3.79. The first-order chi connectivity index (χ1) is 11.9. The largest absolute Gasteiger partial charge is 0.397 e. The summed E-state index contributed by atoms with van der Waals surface area (Å²) in [5.74, 6) is 1.03. The molecule has 2 heterocycles. The van der Waals surface area contributed by atoms with Crippen LogP contribution in [0.3, 0.4) is 0 Å². The minimum Gasteiger partial charge on any atom is -0.397 e. The molecule has 2 aromatic heterocycles. The zero-order chi connectivity index (χ0) is 18.0. The van der Waals surface area contributed by atoms with Gasteiger partial charge >= 0.3 is 0 Å². The van der Waals surface area contributed by atoms with Gasteiger partial charge in [-0.25, -0.2) is 0 Å². The Bertz CT molecular complexity index is 870. The summed E-state index contributed by atoms with van der Waals surface area (Å²) in [4.78, 5) is 5.46. The summed E-state index contributed by atoms with van der Waals surface area (Å²) in [5, 5.41) is 18.7.